The third kappa shape index (κ3) is 5.78. The number of nitrogens with zero attached hydrogens (tertiary/aromatic N) is 4. The summed E-state index contributed by atoms with van der Waals surface area (Å²) < 4.78 is 0. The lowest BCUT2D eigenvalue weighted by molar-refractivity contribution is 0.172. The van der Waals surface area contributed by atoms with E-state index in [1.807, 2.05) is 7.05 Å². The van der Waals surface area contributed by atoms with Crippen molar-refractivity contribution in [3.63, 3.8) is 0 Å². The monoisotopic (exact) mass is 385 g/mol. The van der Waals surface area contributed by atoms with Crippen LogP contribution in [0.2, 0.25) is 0 Å². The first kappa shape index (κ1) is 19.8. The van der Waals surface area contributed by atoms with Crippen LogP contribution in [0, 0.1) is 0 Å². The van der Waals surface area contributed by atoms with Gasteiger partial charge in [0.1, 0.15) is 0 Å². The molecule has 0 saturated carbocycles. The quantitative estimate of drug-likeness (QED) is 0.613. The first-order valence-corrected chi connectivity index (χ1v) is 10.7. The number of benzene rings is 1. The van der Waals surface area contributed by atoms with Crippen LogP contribution in [0.25, 0.3) is 0 Å². The summed E-state index contributed by atoms with van der Waals surface area (Å²) in [7, 11) is 1.87. The first-order valence-electron chi connectivity index (χ1n) is 9.82. The van der Waals surface area contributed by atoms with Gasteiger partial charge in [0.05, 0.1) is 10.7 Å². The fourth-order valence-electron chi connectivity index (χ4n) is 3.30. The zero-order valence-corrected chi connectivity index (χ0v) is 17.5. The summed E-state index contributed by atoms with van der Waals surface area (Å²) in [5, 5.41) is 6.92. The fourth-order valence-corrected chi connectivity index (χ4v) is 4.17. The van der Waals surface area contributed by atoms with E-state index in [9.17, 15) is 0 Å². The van der Waals surface area contributed by atoms with E-state index in [-0.39, 0.29) is 0 Å². The number of thiazole rings is 1. The molecular weight excluding hydrogens is 354 g/mol. The Balaban J connectivity index is 1.42. The fraction of sp³-hybridized carbons (Fsp3) is 0.524. The lowest BCUT2D eigenvalue weighted by Gasteiger charge is -2.36. The van der Waals surface area contributed by atoms with Crippen LogP contribution in [-0.4, -0.2) is 60.5 Å². The van der Waals surface area contributed by atoms with Crippen molar-refractivity contribution in [1.82, 2.24) is 20.1 Å². The maximum Gasteiger partial charge on any atom is 0.193 e. The molecule has 1 aromatic heterocycles. The lowest BCUT2D eigenvalue weighted by Crippen LogP contribution is -2.52. The van der Waals surface area contributed by atoms with Gasteiger partial charge < -0.3 is 10.2 Å². The SMILES string of the molecule is CN=C(NCCc1csc(C(C)C)n1)N1CCN(Cc2ccccc2)CC1. The van der Waals surface area contributed by atoms with Crippen molar-refractivity contribution in [2.75, 3.05) is 39.8 Å². The number of guanidine groups is 1. The van der Waals surface area contributed by atoms with Gasteiger partial charge in [0, 0.05) is 64.0 Å². The Bertz CT molecular complexity index is 717. The molecule has 5 nitrogen and oxygen atoms in total. The van der Waals surface area contributed by atoms with Gasteiger partial charge in [-0.2, -0.15) is 0 Å². The molecule has 27 heavy (non-hydrogen) atoms. The average Bonchev–Trinajstić information content (AvgIpc) is 3.16. The van der Waals surface area contributed by atoms with E-state index in [1.165, 1.54) is 16.3 Å². The van der Waals surface area contributed by atoms with Gasteiger partial charge in [-0.25, -0.2) is 4.98 Å². The molecule has 146 valence electrons. The standard InChI is InChI=1S/C21H31N5S/c1-17(2)20-24-19(16-27-20)9-10-23-21(22-3)26-13-11-25(12-14-26)15-18-7-5-4-6-8-18/h4-8,16-17H,9-15H2,1-3H3,(H,22,23). The maximum atomic E-state index is 4.71. The summed E-state index contributed by atoms with van der Waals surface area (Å²) in [6, 6.07) is 10.7. The number of hydrogen-bond acceptors (Lipinski definition) is 4. The summed E-state index contributed by atoms with van der Waals surface area (Å²) in [5.41, 5.74) is 2.57. The van der Waals surface area contributed by atoms with Crippen molar-refractivity contribution >= 4 is 17.3 Å². The summed E-state index contributed by atoms with van der Waals surface area (Å²) in [4.78, 5) is 14.1. The minimum absolute atomic E-state index is 0.511. The molecule has 0 unspecified atom stereocenters. The molecule has 3 rings (SSSR count). The van der Waals surface area contributed by atoms with E-state index in [2.05, 4.69) is 69.7 Å². The van der Waals surface area contributed by atoms with E-state index >= 15 is 0 Å². The molecule has 6 heteroatoms. The predicted molar refractivity (Wildman–Crippen MR) is 115 cm³/mol. The Kier molecular flexibility index (Phi) is 7.24. The van der Waals surface area contributed by atoms with Gasteiger partial charge in [-0.1, -0.05) is 44.2 Å². The molecular formula is C21H31N5S. The van der Waals surface area contributed by atoms with E-state index < -0.39 is 0 Å². The molecule has 1 N–H and O–H groups in total. The number of rotatable bonds is 6. The van der Waals surface area contributed by atoms with Crippen molar-refractivity contribution in [2.45, 2.75) is 32.7 Å². The summed E-state index contributed by atoms with van der Waals surface area (Å²) >= 11 is 1.77. The minimum Gasteiger partial charge on any atom is -0.356 e. The highest BCUT2D eigenvalue weighted by Gasteiger charge is 2.19. The second kappa shape index (κ2) is 9.85. The van der Waals surface area contributed by atoms with Gasteiger partial charge in [-0.3, -0.25) is 9.89 Å². The Morgan fingerprint density at radius 3 is 2.56 bits per heavy atom. The summed E-state index contributed by atoms with van der Waals surface area (Å²) in [6.45, 7) is 10.5. The topological polar surface area (TPSA) is 43.8 Å². The Morgan fingerprint density at radius 1 is 1.19 bits per heavy atom. The van der Waals surface area contributed by atoms with Crippen molar-refractivity contribution in [2.24, 2.45) is 4.99 Å². The van der Waals surface area contributed by atoms with Crippen LogP contribution >= 0.6 is 11.3 Å². The second-order valence-corrected chi connectivity index (χ2v) is 8.19. The summed E-state index contributed by atoms with van der Waals surface area (Å²) in [6.07, 6.45) is 0.941. The molecule has 2 heterocycles. The van der Waals surface area contributed by atoms with E-state index in [4.69, 9.17) is 4.98 Å². The highest BCUT2D eigenvalue weighted by atomic mass is 32.1. The maximum absolute atomic E-state index is 4.71. The van der Waals surface area contributed by atoms with Gasteiger partial charge >= 0.3 is 0 Å². The minimum atomic E-state index is 0.511. The van der Waals surface area contributed by atoms with Crippen LogP contribution in [-0.2, 0) is 13.0 Å². The zero-order chi connectivity index (χ0) is 19.1. The molecule has 1 aromatic carbocycles. The Hall–Kier alpha value is -1.92. The molecule has 1 aliphatic rings. The van der Waals surface area contributed by atoms with Gasteiger partial charge in [0.2, 0.25) is 0 Å². The molecule has 1 aliphatic heterocycles. The smallest absolute Gasteiger partial charge is 0.193 e. The third-order valence-electron chi connectivity index (χ3n) is 4.86. The van der Waals surface area contributed by atoms with Crippen LogP contribution in [0.5, 0.6) is 0 Å². The van der Waals surface area contributed by atoms with Gasteiger partial charge in [-0.15, -0.1) is 11.3 Å². The van der Waals surface area contributed by atoms with E-state index in [0.717, 1.165) is 51.6 Å². The number of piperazine rings is 1. The van der Waals surface area contributed by atoms with Crippen LogP contribution in [0.4, 0.5) is 0 Å². The van der Waals surface area contributed by atoms with Crippen molar-refractivity contribution in [3.8, 4) is 0 Å². The van der Waals surface area contributed by atoms with Crippen molar-refractivity contribution in [1.29, 1.82) is 0 Å². The van der Waals surface area contributed by atoms with Crippen LogP contribution < -0.4 is 5.32 Å². The molecule has 0 atom stereocenters. The van der Waals surface area contributed by atoms with Crippen molar-refractivity contribution < 1.29 is 0 Å². The molecule has 1 fully saturated rings. The number of aliphatic imine (C=N–C) groups is 1. The number of hydrogen-bond donors (Lipinski definition) is 1. The first-order chi connectivity index (χ1) is 13.2. The molecule has 0 radical (unpaired) electrons. The average molecular weight is 386 g/mol. The highest BCUT2D eigenvalue weighted by Crippen LogP contribution is 2.19. The van der Waals surface area contributed by atoms with Gasteiger partial charge in [0.15, 0.2) is 5.96 Å². The highest BCUT2D eigenvalue weighted by molar-refractivity contribution is 7.09. The van der Waals surface area contributed by atoms with Gasteiger partial charge in [0.25, 0.3) is 0 Å². The van der Waals surface area contributed by atoms with Crippen LogP contribution in [0.3, 0.4) is 0 Å². The van der Waals surface area contributed by atoms with Crippen LogP contribution in [0.1, 0.15) is 36.0 Å². The molecule has 0 bridgehead atoms. The number of nitrogens with one attached hydrogen (secondary N) is 1. The van der Waals surface area contributed by atoms with Crippen LogP contribution in [0.15, 0.2) is 40.7 Å². The zero-order valence-electron chi connectivity index (χ0n) is 16.7. The molecule has 2 aromatic rings. The second-order valence-electron chi connectivity index (χ2n) is 7.30. The van der Waals surface area contributed by atoms with E-state index in [1.54, 1.807) is 11.3 Å². The molecule has 0 aliphatic carbocycles. The largest absolute Gasteiger partial charge is 0.356 e. The number of aromatic nitrogens is 1. The molecule has 1 saturated heterocycles. The van der Waals surface area contributed by atoms with E-state index in [0.29, 0.717) is 5.92 Å². The normalized spacial score (nSPS) is 16.1. The third-order valence-corrected chi connectivity index (χ3v) is 6.05. The Morgan fingerprint density at radius 2 is 1.93 bits per heavy atom. The Labute approximate surface area is 167 Å². The predicted octanol–water partition coefficient (Wildman–Crippen LogP) is 3.20. The summed E-state index contributed by atoms with van der Waals surface area (Å²) in [5.74, 6) is 1.52. The lowest BCUT2D eigenvalue weighted by atomic mass is 10.2. The van der Waals surface area contributed by atoms with Gasteiger partial charge in [-0.05, 0) is 5.56 Å². The van der Waals surface area contributed by atoms with Crippen molar-refractivity contribution in [3.05, 3.63) is 52.0 Å². The molecule has 0 amide bonds. The molecule has 0 spiro atoms.